The summed E-state index contributed by atoms with van der Waals surface area (Å²) in [5.41, 5.74) is 6.80. The Labute approximate surface area is 198 Å². The SMILES string of the molecule is Cc1c(C(=O)NN2CCCCC2)nn(-c2ccc(Cl)cc2)c1-c1ccc(NS(C)(=O)=O)cc1. The molecule has 4 rings (SSSR count). The molecular formula is C23H26ClN5O3S. The third-order valence-corrected chi connectivity index (χ3v) is 6.34. The summed E-state index contributed by atoms with van der Waals surface area (Å²) in [6.45, 7) is 3.51. The molecule has 0 aliphatic carbocycles. The van der Waals surface area contributed by atoms with Gasteiger partial charge in [0.25, 0.3) is 5.91 Å². The van der Waals surface area contributed by atoms with E-state index in [4.69, 9.17) is 11.6 Å². The summed E-state index contributed by atoms with van der Waals surface area (Å²) in [5.74, 6) is -0.251. The quantitative estimate of drug-likeness (QED) is 0.547. The van der Waals surface area contributed by atoms with E-state index in [1.54, 1.807) is 41.1 Å². The number of anilines is 1. The third-order valence-electron chi connectivity index (χ3n) is 5.49. The Morgan fingerprint density at radius 3 is 2.24 bits per heavy atom. The Morgan fingerprint density at radius 2 is 1.64 bits per heavy atom. The average Bonchev–Trinajstić information content (AvgIpc) is 3.12. The van der Waals surface area contributed by atoms with Crippen LogP contribution in [-0.2, 0) is 10.0 Å². The smallest absolute Gasteiger partial charge is 0.284 e. The maximum atomic E-state index is 13.1. The van der Waals surface area contributed by atoms with Crippen molar-refractivity contribution < 1.29 is 13.2 Å². The van der Waals surface area contributed by atoms with Crippen molar-refractivity contribution >= 4 is 33.2 Å². The zero-order chi connectivity index (χ0) is 23.6. The van der Waals surface area contributed by atoms with Crippen molar-refractivity contribution in [2.24, 2.45) is 0 Å². The van der Waals surface area contributed by atoms with Gasteiger partial charge < -0.3 is 0 Å². The van der Waals surface area contributed by atoms with E-state index in [-0.39, 0.29) is 5.91 Å². The minimum atomic E-state index is -3.38. The van der Waals surface area contributed by atoms with Gasteiger partial charge in [-0.1, -0.05) is 30.2 Å². The molecule has 1 saturated heterocycles. The van der Waals surface area contributed by atoms with Crippen LogP contribution in [-0.4, -0.2) is 48.5 Å². The van der Waals surface area contributed by atoms with Crippen molar-refractivity contribution in [1.29, 1.82) is 0 Å². The van der Waals surface area contributed by atoms with Crippen LogP contribution < -0.4 is 10.1 Å². The molecule has 0 saturated carbocycles. The van der Waals surface area contributed by atoms with E-state index in [9.17, 15) is 13.2 Å². The summed E-state index contributed by atoms with van der Waals surface area (Å²) < 4.78 is 27.2. The minimum Gasteiger partial charge on any atom is -0.284 e. The number of carbonyl (C=O) groups excluding carboxylic acids is 1. The van der Waals surface area contributed by atoms with Crippen LogP contribution in [0.2, 0.25) is 5.02 Å². The number of nitrogens with zero attached hydrogens (tertiary/aromatic N) is 3. The lowest BCUT2D eigenvalue weighted by molar-refractivity contribution is 0.0743. The van der Waals surface area contributed by atoms with Gasteiger partial charge in [0.1, 0.15) is 0 Å². The van der Waals surface area contributed by atoms with Crippen molar-refractivity contribution in [3.8, 4) is 16.9 Å². The first kappa shape index (κ1) is 23.3. The van der Waals surface area contributed by atoms with E-state index in [2.05, 4.69) is 15.2 Å². The zero-order valence-electron chi connectivity index (χ0n) is 18.5. The van der Waals surface area contributed by atoms with Crippen LogP contribution >= 0.6 is 11.6 Å². The molecule has 0 radical (unpaired) electrons. The molecule has 0 spiro atoms. The molecule has 3 aromatic rings. The molecule has 0 unspecified atom stereocenters. The summed E-state index contributed by atoms with van der Waals surface area (Å²) >= 11 is 6.07. The molecule has 2 aromatic carbocycles. The maximum absolute atomic E-state index is 13.1. The summed E-state index contributed by atoms with van der Waals surface area (Å²) in [4.78, 5) is 13.1. The van der Waals surface area contributed by atoms with Gasteiger partial charge in [0.15, 0.2) is 5.69 Å². The largest absolute Gasteiger partial charge is 0.286 e. The first-order valence-electron chi connectivity index (χ1n) is 10.7. The van der Waals surface area contributed by atoms with Crippen LogP contribution in [0.1, 0.15) is 35.3 Å². The molecule has 8 nitrogen and oxygen atoms in total. The van der Waals surface area contributed by atoms with Gasteiger partial charge in [0.05, 0.1) is 17.6 Å². The van der Waals surface area contributed by atoms with Gasteiger partial charge in [-0.05, 0) is 56.2 Å². The number of benzene rings is 2. The fraction of sp³-hybridized carbons (Fsp3) is 0.304. The summed E-state index contributed by atoms with van der Waals surface area (Å²) in [6, 6.07) is 14.2. The van der Waals surface area contributed by atoms with Crippen LogP contribution in [0.25, 0.3) is 16.9 Å². The topological polar surface area (TPSA) is 96.3 Å². The normalized spacial score (nSPS) is 14.8. The monoisotopic (exact) mass is 487 g/mol. The van der Waals surface area contributed by atoms with Crippen molar-refractivity contribution in [2.75, 3.05) is 24.1 Å². The molecule has 10 heteroatoms. The van der Waals surface area contributed by atoms with Gasteiger partial charge >= 0.3 is 0 Å². The van der Waals surface area contributed by atoms with E-state index in [0.29, 0.717) is 16.4 Å². The predicted octanol–water partition coefficient (Wildman–Crippen LogP) is 4.00. The van der Waals surface area contributed by atoms with Crippen LogP contribution in [0.15, 0.2) is 48.5 Å². The first-order valence-corrected chi connectivity index (χ1v) is 13.0. The number of rotatable bonds is 6. The van der Waals surface area contributed by atoms with E-state index < -0.39 is 10.0 Å². The number of amides is 1. The number of aromatic nitrogens is 2. The third kappa shape index (κ3) is 5.55. The van der Waals surface area contributed by atoms with E-state index in [0.717, 1.165) is 54.7 Å². The highest BCUT2D eigenvalue weighted by Gasteiger charge is 2.24. The number of nitrogens with one attached hydrogen (secondary N) is 2. The van der Waals surface area contributed by atoms with Crippen LogP contribution in [0.3, 0.4) is 0 Å². The van der Waals surface area contributed by atoms with E-state index >= 15 is 0 Å². The number of carbonyl (C=O) groups is 1. The highest BCUT2D eigenvalue weighted by molar-refractivity contribution is 7.92. The molecule has 2 heterocycles. The molecule has 2 N–H and O–H groups in total. The molecule has 1 aliphatic heterocycles. The summed E-state index contributed by atoms with van der Waals surface area (Å²) in [7, 11) is -3.38. The Bertz CT molecular complexity index is 1250. The van der Waals surface area contributed by atoms with Crippen molar-refractivity contribution in [3.63, 3.8) is 0 Å². The van der Waals surface area contributed by atoms with Gasteiger partial charge in [-0.15, -0.1) is 0 Å². The number of sulfonamides is 1. The fourth-order valence-corrected chi connectivity index (χ4v) is 4.62. The highest BCUT2D eigenvalue weighted by atomic mass is 35.5. The standard InChI is InChI=1S/C23H26ClN5O3S/c1-16-21(23(30)26-28-14-4-3-5-15-28)25-29(20-12-8-18(24)9-13-20)22(16)17-6-10-19(11-7-17)27-33(2,31)32/h6-13,27H,3-5,14-15H2,1-2H3,(H,26,30). The summed E-state index contributed by atoms with van der Waals surface area (Å²) in [6.07, 6.45) is 4.38. The lowest BCUT2D eigenvalue weighted by atomic mass is 10.1. The zero-order valence-corrected chi connectivity index (χ0v) is 20.1. The van der Waals surface area contributed by atoms with Crippen molar-refractivity contribution in [1.82, 2.24) is 20.2 Å². The molecule has 0 bridgehead atoms. The lowest BCUT2D eigenvalue weighted by Crippen LogP contribution is -2.45. The van der Waals surface area contributed by atoms with Crippen molar-refractivity contribution in [3.05, 3.63) is 64.8 Å². The van der Waals surface area contributed by atoms with Gasteiger partial charge in [0.2, 0.25) is 10.0 Å². The lowest BCUT2D eigenvalue weighted by Gasteiger charge is -2.26. The fourth-order valence-electron chi connectivity index (χ4n) is 3.93. The van der Waals surface area contributed by atoms with E-state index in [1.165, 1.54) is 6.42 Å². The number of hydrogen-bond acceptors (Lipinski definition) is 5. The van der Waals surface area contributed by atoms with Gasteiger partial charge in [-0.3, -0.25) is 14.9 Å². The Hall–Kier alpha value is -2.88. The Kier molecular flexibility index (Phi) is 6.73. The molecular weight excluding hydrogens is 462 g/mol. The minimum absolute atomic E-state index is 0.251. The van der Waals surface area contributed by atoms with Crippen LogP contribution in [0, 0.1) is 6.92 Å². The number of piperidine rings is 1. The highest BCUT2D eigenvalue weighted by Crippen LogP contribution is 2.30. The van der Waals surface area contributed by atoms with Gasteiger partial charge in [0, 0.05) is 34.9 Å². The second kappa shape index (κ2) is 9.54. The predicted molar refractivity (Wildman–Crippen MR) is 130 cm³/mol. The second-order valence-electron chi connectivity index (χ2n) is 8.15. The molecule has 1 aromatic heterocycles. The van der Waals surface area contributed by atoms with Gasteiger partial charge in [-0.25, -0.2) is 18.1 Å². The van der Waals surface area contributed by atoms with Crippen LogP contribution in [0.4, 0.5) is 5.69 Å². The molecule has 174 valence electrons. The molecule has 33 heavy (non-hydrogen) atoms. The van der Waals surface area contributed by atoms with Gasteiger partial charge in [-0.2, -0.15) is 5.10 Å². The summed E-state index contributed by atoms with van der Waals surface area (Å²) in [5, 5.41) is 7.20. The average molecular weight is 488 g/mol. The maximum Gasteiger partial charge on any atom is 0.286 e. The van der Waals surface area contributed by atoms with E-state index in [1.807, 2.05) is 24.1 Å². The number of halogens is 1. The molecule has 1 amide bonds. The second-order valence-corrected chi connectivity index (χ2v) is 10.3. The van der Waals surface area contributed by atoms with Crippen LogP contribution in [0.5, 0.6) is 0 Å². The molecule has 0 atom stereocenters. The first-order chi connectivity index (χ1) is 15.7. The Balaban J connectivity index is 1.74. The molecule has 1 aliphatic rings. The number of hydrogen-bond donors (Lipinski definition) is 2. The Morgan fingerprint density at radius 1 is 1.00 bits per heavy atom. The van der Waals surface area contributed by atoms with Crippen molar-refractivity contribution in [2.45, 2.75) is 26.2 Å². The molecule has 1 fully saturated rings. The number of hydrazine groups is 1.